The molecule has 0 bridgehead atoms. The molecule has 1 rings (SSSR count). The highest BCUT2D eigenvalue weighted by atomic mass is 16.4. The Labute approximate surface area is 87.9 Å². The predicted octanol–water partition coefficient (Wildman–Crippen LogP) is 1.42. The summed E-state index contributed by atoms with van der Waals surface area (Å²) in [5, 5.41) is 17.3. The number of nitrogens with two attached hydrogens (primary N) is 1. The molecule has 1 atom stereocenters. The Morgan fingerprint density at radius 2 is 2.20 bits per heavy atom. The second-order valence-electron chi connectivity index (χ2n) is 3.24. The van der Waals surface area contributed by atoms with E-state index in [2.05, 4.69) is 0 Å². The summed E-state index contributed by atoms with van der Waals surface area (Å²) in [6.45, 7) is 0. The number of nitriles is 1. The van der Waals surface area contributed by atoms with Crippen molar-refractivity contribution in [3.63, 3.8) is 0 Å². The molecule has 0 aliphatic carbocycles. The van der Waals surface area contributed by atoms with Crippen LogP contribution in [0.5, 0.6) is 0 Å². The third-order valence-electron chi connectivity index (χ3n) is 2.15. The number of rotatable bonds is 4. The molecule has 0 saturated carbocycles. The molecule has 0 aliphatic heterocycles. The molecule has 0 fully saturated rings. The standard InChI is InChI=1S/C11H12N2O2/c12-7-8-3-1-2-4-9(8)10(13)5-6-11(14)15/h1-4,10H,5-6,13H2,(H,14,15). The molecule has 0 radical (unpaired) electrons. The topological polar surface area (TPSA) is 87.1 Å². The van der Waals surface area contributed by atoms with E-state index in [4.69, 9.17) is 16.1 Å². The van der Waals surface area contributed by atoms with Gasteiger partial charge in [0.05, 0.1) is 11.6 Å². The first-order valence-corrected chi connectivity index (χ1v) is 4.61. The number of benzene rings is 1. The number of nitrogens with zero attached hydrogens (tertiary/aromatic N) is 1. The van der Waals surface area contributed by atoms with Crippen LogP contribution >= 0.6 is 0 Å². The fraction of sp³-hybridized carbons (Fsp3) is 0.273. The Hall–Kier alpha value is -1.86. The highest BCUT2D eigenvalue weighted by Crippen LogP contribution is 2.19. The first-order chi connectivity index (χ1) is 7.15. The summed E-state index contributed by atoms with van der Waals surface area (Å²) >= 11 is 0. The van der Waals surface area contributed by atoms with Crippen molar-refractivity contribution in [1.82, 2.24) is 0 Å². The lowest BCUT2D eigenvalue weighted by Crippen LogP contribution is -2.13. The summed E-state index contributed by atoms with van der Waals surface area (Å²) in [7, 11) is 0. The zero-order valence-corrected chi connectivity index (χ0v) is 8.18. The number of carbonyl (C=O) groups is 1. The molecule has 0 amide bonds. The van der Waals surface area contributed by atoms with Crippen LogP contribution in [0.25, 0.3) is 0 Å². The van der Waals surface area contributed by atoms with E-state index in [1.165, 1.54) is 0 Å². The van der Waals surface area contributed by atoms with Crippen LogP contribution < -0.4 is 5.73 Å². The number of hydrogen-bond acceptors (Lipinski definition) is 3. The number of carboxylic acids is 1. The van der Waals surface area contributed by atoms with Crippen molar-refractivity contribution in [3.05, 3.63) is 35.4 Å². The predicted molar refractivity (Wildman–Crippen MR) is 55.0 cm³/mol. The fourth-order valence-corrected chi connectivity index (χ4v) is 1.36. The van der Waals surface area contributed by atoms with Gasteiger partial charge in [0.2, 0.25) is 0 Å². The lowest BCUT2D eigenvalue weighted by molar-refractivity contribution is -0.137. The lowest BCUT2D eigenvalue weighted by Gasteiger charge is -2.11. The minimum Gasteiger partial charge on any atom is -0.481 e. The van der Waals surface area contributed by atoms with Gasteiger partial charge in [-0.1, -0.05) is 18.2 Å². The molecule has 4 heteroatoms. The molecule has 1 aromatic rings. The van der Waals surface area contributed by atoms with E-state index < -0.39 is 12.0 Å². The second-order valence-corrected chi connectivity index (χ2v) is 3.24. The van der Waals surface area contributed by atoms with Crippen LogP contribution in [0.1, 0.15) is 30.0 Å². The normalized spacial score (nSPS) is 11.7. The van der Waals surface area contributed by atoms with Gasteiger partial charge in [-0.15, -0.1) is 0 Å². The van der Waals surface area contributed by atoms with Gasteiger partial charge in [-0.2, -0.15) is 5.26 Å². The Morgan fingerprint density at radius 1 is 1.53 bits per heavy atom. The van der Waals surface area contributed by atoms with Crippen LogP contribution in [-0.4, -0.2) is 11.1 Å². The highest BCUT2D eigenvalue weighted by molar-refractivity contribution is 5.66. The van der Waals surface area contributed by atoms with Gasteiger partial charge < -0.3 is 10.8 Å². The van der Waals surface area contributed by atoms with E-state index in [0.717, 1.165) is 0 Å². The lowest BCUT2D eigenvalue weighted by atomic mass is 9.98. The van der Waals surface area contributed by atoms with Crippen LogP contribution in [0.4, 0.5) is 0 Å². The van der Waals surface area contributed by atoms with Crippen LogP contribution in [0.2, 0.25) is 0 Å². The average molecular weight is 204 g/mol. The van der Waals surface area contributed by atoms with Crippen LogP contribution in [-0.2, 0) is 4.79 Å². The van der Waals surface area contributed by atoms with Crippen LogP contribution in [0.15, 0.2) is 24.3 Å². The molecular weight excluding hydrogens is 192 g/mol. The molecule has 0 heterocycles. The summed E-state index contributed by atoms with van der Waals surface area (Å²) < 4.78 is 0. The van der Waals surface area contributed by atoms with Crippen molar-refractivity contribution in [2.75, 3.05) is 0 Å². The third kappa shape index (κ3) is 3.08. The zero-order valence-electron chi connectivity index (χ0n) is 8.18. The summed E-state index contributed by atoms with van der Waals surface area (Å²) in [5.74, 6) is -0.875. The second kappa shape index (κ2) is 5.13. The molecule has 1 unspecified atom stereocenters. The third-order valence-corrected chi connectivity index (χ3v) is 2.15. The summed E-state index contributed by atoms with van der Waals surface area (Å²) in [6.07, 6.45) is 0.356. The molecule has 1 aromatic carbocycles. The van der Waals surface area contributed by atoms with Gasteiger partial charge in [-0.25, -0.2) is 0 Å². The Kier molecular flexibility index (Phi) is 3.83. The van der Waals surface area contributed by atoms with Gasteiger partial charge in [0.15, 0.2) is 0 Å². The van der Waals surface area contributed by atoms with Gasteiger partial charge in [0, 0.05) is 12.5 Å². The fourth-order valence-electron chi connectivity index (χ4n) is 1.36. The maximum absolute atomic E-state index is 10.4. The zero-order chi connectivity index (χ0) is 11.3. The van der Waals surface area contributed by atoms with Gasteiger partial charge in [0.25, 0.3) is 0 Å². The molecule has 0 saturated heterocycles. The van der Waals surface area contributed by atoms with E-state index >= 15 is 0 Å². The molecule has 0 aromatic heterocycles. The van der Waals surface area contributed by atoms with Crippen LogP contribution in [0.3, 0.4) is 0 Å². The van der Waals surface area contributed by atoms with E-state index in [9.17, 15) is 4.79 Å². The summed E-state index contributed by atoms with van der Waals surface area (Å²) in [6, 6.07) is 8.62. The Morgan fingerprint density at radius 3 is 2.80 bits per heavy atom. The Balaban J connectivity index is 2.77. The van der Waals surface area contributed by atoms with Crippen molar-refractivity contribution in [2.24, 2.45) is 5.73 Å². The number of carboxylic acid groups (broad SMARTS) is 1. The highest BCUT2D eigenvalue weighted by Gasteiger charge is 2.11. The monoisotopic (exact) mass is 204 g/mol. The maximum atomic E-state index is 10.4. The molecule has 4 nitrogen and oxygen atoms in total. The number of hydrogen-bond donors (Lipinski definition) is 2. The molecule has 15 heavy (non-hydrogen) atoms. The smallest absolute Gasteiger partial charge is 0.303 e. The van der Waals surface area contributed by atoms with Gasteiger partial charge in [0.1, 0.15) is 0 Å². The van der Waals surface area contributed by atoms with Gasteiger partial charge in [-0.3, -0.25) is 4.79 Å². The molecular formula is C11H12N2O2. The van der Waals surface area contributed by atoms with Crippen molar-refractivity contribution in [2.45, 2.75) is 18.9 Å². The minimum atomic E-state index is -0.875. The summed E-state index contributed by atoms with van der Waals surface area (Å²) in [4.78, 5) is 10.4. The first kappa shape index (κ1) is 11.2. The van der Waals surface area contributed by atoms with Gasteiger partial charge >= 0.3 is 5.97 Å². The maximum Gasteiger partial charge on any atom is 0.303 e. The largest absolute Gasteiger partial charge is 0.481 e. The quantitative estimate of drug-likeness (QED) is 0.776. The van der Waals surface area contributed by atoms with Crippen molar-refractivity contribution in [1.29, 1.82) is 5.26 Å². The van der Waals surface area contributed by atoms with E-state index in [1.807, 2.05) is 6.07 Å². The van der Waals surface area contributed by atoms with E-state index in [1.54, 1.807) is 24.3 Å². The summed E-state index contributed by atoms with van der Waals surface area (Å²) in [5.41, 5.74) is 7.02. The van der Waals surface area contributed by atoms with Crippen molar-refractivity contribution in [3.8, 4) is 6.07 Å². The van der Waals surface area contributed by atoms with Crippen molar-refractivity contribution >= 4 is 5.97 Å². The molecule has 3 N–H and O–H groups in total. The molecule has 0 aliphatic rings. The molecule has 78 valence electrons. The SMILES string of the molecule is N#Cc1ccccc1C(N)CCC(=O)O. The van der Waals surface area contributed by atoms with Crippen LogP contribution in [0, 0.1) is 11.3 Å². The van der Waals surface area contributed by atoms with E-state index in [-0.39, 0.29) is 6.42 Å². The van der Waals surface area contributed by atoms with E-state index in [0.29, 0.717) is 17.5 Å². The minimum absolute atomic E-state index is 0.0148. The number of aliphatic carboxylic acids is 1. The molecule has 0 spiro atoms. The average Bonchev–Trinajstić information content (AvgIpc) is 2.25. The van der Waals surface area contributed by atoms with Gasteiger partial charge in [-0.05, 0) is 18.1 Å². The van der Waals surface area contributed by atoms with Crippen molar-refractivity contribution < 1.29 is 9.90 Å². The Bertz CT molecular complexity index is 396. The first-order valence-electron chi connectivity index (χ1n) is 4.61.